The number of amides is 1. The van der Waals surface area contributed by atoms with Crippen LogP contribution in [-0.4, -0.2) is 43.1 Å². The summed E-state index contributed by atoms with van der Waals surface area (Å²) in [6.45, 7) is 3.79. The van der Waals surface area contributed by atoms with Crippen molar-refractivity contribution in [1.82, 2.24) is 10.2 Å². The van der Waals surface area contributed by atoms with Crippen LogP contribution in [0.25, 0.3) is 0 Å². The number of nitrogens with one attached hydrogen (secondary N) is 1. The Kier molecular flexibility index (Phi) is 3.01. The van der Waals surface area contributed by atoms with E-state index in [0.29, 0.717) is 23.5 Å². The van der Waals surface area contributed by atoms with Crippen molar-refractivity contribution in [2.24, 2.45) is 11.8 Å². The SMILES string of the molecule is O=C(C1CC=C(Cl)O1)N1CC2CNCC(C2)C1. The lowest BCUT2D eigenvalue weighted by Gasteiger charge is -2.42. The van der Waals surface area contributed by atoms with Gasteiger partial charge in [0.15, 0.2) is 11.3 Å². The molecule has 3 unspecified atom stereocenters. The molecule has 0 aliphatic carbocycles. The first kappa shape index (κ1) is 11.4. The first-order valence-electron chi connectivity index (χ1n) is 6.24. The molecule has 17 heavy (non-hydrogen) atoms. The first-order chi connectivity index (χ1) is 8.22. The van der Waals surface area contributed by atoms with Gasteiger partial charge >= 0.3 is 0 Å². The molecule has 3 aliphatic rings. The number of carbonyl (C=O) groups excluding carboxylic acids is 1. The number of hydrogen-bond donors (Lipinski definition) is 1. The van der Waals surface area contributed by atoms with Crippen molar-refractivity contribution < 1.29 is 9.53 Å². The summed E-state index contributed by atoms with van der Waals surface area (Å²) in [4.78, 5) is 14.2. The predicted octanol–water partition coefficient (Wildman–Crippen LogP) is 0.923. The highest BCUT2D eigenvalue weighted by Crippen LogP contribution is 2.27. The molecular weight excluding hydrogens is 240 g/mol. The van der Waals surface area contributed by atoms with E-state index in [9.17, 15) is 4.79 Å². The Hall–Kier alpha value is -0.740. The third-order valence-corrected chi connectivity index (χ3v) is 4.07. The van der Waals surface area contributed by atoms with Crippen LogP contribution >= 0.6 is 11.6 Å². The highest BCUT2D eigenvalue weighted by molar-refractivity contribution is 6.28. The van der Waals surface area contributed by atoms with Crippen LogP contribution in [0.4, 0.5) is 0 Å². The van der Waals surface area contributed by atoms with Gasteiger partial charge in [0.1, 0.15) is 0 Å². The smallest absolute Gasteiger partial charge is 0.264 e. The van der Waals surface area contributed by atoms with Crippen molar-refractivity contribution in [3.8, 4) is 0 Å². The summed E-state index contributed by atoms with van der Waals surface area (Å²) in [6.07, 6.45) is 3.26. The van der Waals surface area contributed by atoms with Crippen LogP contribution in [-0.2, 0) is 9.53 Å². The van der Waals surface area contributed by atoms with Crippen molar-refractivity contribution in [3.63, 3.8) is 0 Å². The Morgan fingerprint density at radius 2 is 2.12 bits per heavy atom. The van der Waals surface area contributed by atoms with Crippen LogP contribution in [0.1, 0.15) is 12.8 Å². The highest BCUT2D eigenvalue weighted by Gasteiger charge is 2.36. The average Bonchev–Trinajstić information content (AvgIpc) is 2.74. The summed E-state index contributed by atoms with van der Waals surface area (Å²) >= 11 is 5.74. The van der Waals surface area contributed by atoms with Gasteiger partial charge in [0.05, 0.1) is 0 Å². The maximum atomic E-state index is 12.3. The van der Waals surface area contributed by atoms with Crippen molar-refractivity contribution in [2.75, 3.05) is 26.2 Å². The van der Waals surface area contributed by atoms with E-state index in [0.717, 1.165) is 26.2 Å². The quantitative estimate of drug-likeness (QED) is 0.759. The molecule has 1 N–H and O–H groups in total. The Morgan fingerprint density at radius 3 is 2.71 bits per heavy atom. The molecule has 2 fully saturated rings. The zero-order valence-electron chi connectivity index (χ0n) is 9.69. The topological polar surface area (TPSA) is 41.6 Å². The van der Waals surface area contributed by atoms with Crippen LogP contribution in [0.15, 0.2) is 11.3 Å². The van der Waals surface area contributed by atoms with E-state index < -0.39 is 0 Å². The van der Waals surface area contributed by atoms with E-state index in [1.807, 2.05) is 4.90 Å². The molecule has 3 heterocycles. The maximum absolute atomic E-state index is 12.3. The van der Waals surface area contributed by atoms with E-state index in [2.05, 4.69) is 5.32 Å². The minimum Gasteiger partial charge on any atom is -0.470 e. The van der Waals surface area contributed by atoms with Gasteiger partial charge in [-0.2, -0.15) is 0 Å². The van der Waals surface area contributed by atoms with Gasteiger partial charge < -0.3 is 15.0 Å². The van der Waals surface area contributed by atoms with Gasteiger partial charge in [-0.25, -0.2) is 0 Å². The normalized spacial score (nSPS) is 36.4. The molecule has 3 rings (SSSR count). The molecule has 0 aromatic carbocycles. The Morgan fingerprint density at radius 1 is 1.41 bits per heavy atom. The van der Waals surface area contributed by atoms with Gasteiger partial charge in [0, 0.05) is 19.5 Å². The van der Waals surface area contributed by atoms with E-state index in [-0.39, 0.29) is 12.0 Å². The number of likely N-dealkylation sites (tertiary alicyclic amines) is 1. The number of rotatable bonds is 1. The Labute approximate surface area is 106 Å². The van der Waals surface area contributed by atoms with Crippen LogP contribution < -0.4 is 5.32 Å². The molecule has 4 nitrogen and oxygen atoms in total. The van der Waals surface area contributed by atoms with E-state index in [4.69, 9.17) is 16.3 Å². The summed E-state index contributed by atoms with van der Waals surface area (Å²) in [5, 5.41) is 3.79. The molecule has 2 saturated heterocycles. The van der Waals surface area contributed by atoms with Crippen molar-refractivity contribution in [2.45, 2.75) is 18.9 Å². The number of fused-ring (bicyclic) bond motifs is 2. The molecule has 1 amide bonds. The fourth-order valence-corrected chi connectivity index (χ4v) is 3.27. The van der Waals surface area contributed by atoms with Crippen molar-refractivity contribution in [3.05, 3.63) is 11.3 Å². The molecule has 94 valence electrons. The molecular formula is C12H17ClN2O2. The van der Waals surface area contributed by atoms with E-state index in [1.54, 1.807) is 6.08 Å². The lowest BCUT2D eigenvalue weighted by atomic mass is 9.85. The minimum absolute atomic E-state index is 0.105. The lowest BCUT2D eigenvalue weighted by molar-refractivity contribution is -0.143. The molecule has 0 aromatic heterocycles. The lowest BCUT2D eigenvalue weighted by Crippen LogP contribution is -2.54. The van der Waals surface area contributed by atoms with Gasteiger partial charge in [-0.3, -0.25) is 4.79 Å². The molecule has 0 saturated carbocycles. The zero-order valence-corrected chi connectivity index (χ0v) is 10.4. The predicted molar refractivity (Wildman–Crippen MR) is 64.5 cm³/mol. The van der Waals surface area contributed by atoms with Crippen molar-refractivity contribution in [1.29, 1.82) is 0 Å². The van der Waals surface area contributed by atoms with Crippen LogP contribution in [0.5, 0.6) is 0 Å². The second-order valence-corrected chi connectivity index (χ2v) is 5.59. The molecule has 3 aliphatic heterocycles. The van der Waals surface area contributed by atoms with E-state index >= 15 is 0 Å². The highest BCUT2D eigenvalue weighted by atomic mass is 35.5. The monoisotopic (exact) mass is 256 g/mol. The third-order valence-electron chi connectivity index (χ3n) is 3.82. The van der Waals surface area contributed by atoms with Crippen LogP contribution in [0, 0.1) is 11.8 Å². The second-order valence-electron chi connectivity index (χ2n) is 5.22. The second kappa shape index (κ2) is 4.50. The van der Waals surface area contributed by atoms with Crippen molar-refractivity contribution >= 4 is 17.5 Å². The Bertz CT molecular complexity index is 346. The zero-order chi connectivity index (χ0) is 11.8. The number of halogens is 1. The number of carbonyl (C=O) groups is 1. The molecule has 2 bridgehead atoms. The van der Waals surface area contributed by atoms with Gasteiger partial charge in [0.2, 0.25) is 0 Å². The average molecular weight is 257 g/mol. The van der Waals surface area contributed by atoms with Crippen LogP contribution in [0.2, 0.25) is 0 Å². The third kappa shape index (κ3) is 2.29. The molecule has 3 atom stereocenters. The summed E-state index contributed by atoms with van der Waals surface area (Å²) < 4.78 is 5.32. The summed E-state index contributed by atoms with van der Waals surface area (Å²) in [7, 11) is 0. The number of ether oxygens (including phenoxy) is 1. The van der Waals surface area contributed by atoms with Crippen LogP contribution in [0.3, 0.4) is 0 Å². The van der Waals surface area contributed by atoms with E-state index in [1.165, 1.54) is 6.42 Å². The standard InChI is InChI=1S/C12H17ClN2O2/c13-11-2-1-10(17-11)12(16)15-6-8-3-9(7-15)5-14-4-8/h2,8-10,14H,1,3-7H2. The first-order valence-corrected chi connectivity index (χ1v) is 6.62. The largest absolute Gasteiger partial charge is 0.470 e. The maximum Gasteiger partial charge on any atom is 0.264 e. The van der Waals surface area contributed by atoms with Gasteiger partial charge in [-0.15, -0.1) is 0 Å². The summed E-state index contributed by atoms with van der Waals surface area (Å²) in [5.41, 5.74) is 0. The van der Waals surface area contributed by atoms with Gasteiger partial charge in [-0.1, -0.05) is 0 Å². The van der Waals surface area contributed by atoms with Gasteiger partial charge in [-0.05, 0) is 49.0 Å². The molecule has 0 spiro atoms. The molecule has 0 aromatic rings. The number of hydrogen-bond acceptors (Lipinski definition) is 3. The number of nitrogens with zero attached hydrogens (tertiary/aromatic N) is 1. The fourth-order valence-electron chi connectivity index (χ4n) is 3.07. The summed E-state index contributed by atoms with van der Waals surface area (Å²) in [6, 6.07) is 0. The van der Waals surface area contributed by atoms with Gasteiger partial charge in [0.25, 0.3) is 5.91 Å². The Balaban J connectivity index is 1.62. The fraction of sp³-hybridized carbons (Fsp3) is 0.750. The minimum atomic E-state index is -0.380. The summed E-state index contributed by atoms with van der Waals surface area (Å²) in [5.74, 6) is 1.32. The molecule has 0 radical (unpaired) electrons. The number of piperidine rings is 2. The molecule has 5 heteroatoms.